The molecular weight excluding hydrogens is 302 g/mol. The fourth-order valence-electron chi connectivity index (χ4n) is 3.25. The van der Waals surface area contributed by atoms with Crippen molar-refractivity contribution < 1.29 is 4.79 Å². The van der Waals surface area contributed by atoms with Crippen LogP contribution in [0.25, 0.3) is 11.3 Å². The van der Waals surface area contributed by atoms with Crippen LogP contribution in [0.1, 0.15) is 34.9 Å². The van der Waals surface area contributed by atoms with Crippen molar-refractivity contribution >= 4 is 5.91 Å². The first-order chi connectivity index (χ1) is 11.8. The molecule has 6 heteroatoms. The minimum Gasteiger partial charge on any atom is -0.348 e. The number of nitrogens with zero attached hydrogens (tertiary/aromatic N) is 3. The first-order valence-electron chi connectivity index (χ1n) is 8.19. The lowest BCUT2D eigenvalue weighted by Gasteiger charge is -2.31. The molecule has 2 N–H and O–H groups in total. The minimum atomic E-state index is 0.101. The van der Waals surface area contributed by atoms with Gasteiger partial charge in [-0.25, -0.2) is 4.98 Å². The number of carbonyl (C=O) groups is 1. The van der Waals surface area contributed by atoms with E-state index in [0.29, 0.717) is 5.92 Å². The van der Waals surface area contributed by atoms with Gasteiger partial charge in [0, 0.05) is 43.2 Å². The van der Waals surface area contributed by atoms with Crippen molar-refractivity contribution in [2.24, 2.45) is 0 Å². The van der Waals surface area contributed by atoms with E-state index in [0.717, 1.165) is 48.6 Å². The average Bonchev–Trinajstić information content (AvgIpc) is 3.35. The molecule has 1 fully saturated rings. The number of piperidine rings is 1. The van der Waals surface area contributed by atoms with E-state index in [-0.39, 0.29) is 5.91 Å². The normalized spacial score (nSPS) is 15.6. The van der Waals surface area contributed by atoms with Crippen molar-refractivity contribution in [3.05, 3.63) is 60.3 Å². The number of aromatic nitrogens is 4. The zero-order valence-electron chi connectivity index (χ0n) is 13.3. The highest BCUT2D eigenvalue weighted by atomic mass is 16.2. The second kappa shape index (κ2) is 6.31. The third kappa shape index (κ3) is 2.82. The summed E-state index contributed by atoms with van der Waals surface area (Å²) in [6.45, 7) is 1.54. The lowest BCUT2D eigenvalue weighted by atomic mass is 9.95. The number of rotatable bonds is 3. The van der Waals surface area contributed by atoms with Crippen LogP contribution in [0.2, 0.25) is 0 Å². The summed E-state index contributed by atoms with van der Waals surface area (Å²) >= 11 is 0. The Balaban J connectivity index is 1.41. The van der Waals surface area contributed by atoms with Crippen LogP contribution in [0.5, 0.6) is 0 Å². The Morgan fingerprint density at radius 2 is 1.88 bits per heavy atom. The van der Waals surface area contributed by atoms with Gasteiger partial charge in [0.25, 0.3) is 5.91 Å². The van der Waals surface area contributed by atoms with Crippen LogP contribution < -0.4 is 0 Å². The van der Waals surface area contributed by atoms with Crippen LogP contribution in [-0.4, -0.2) is 44.1 Å². The van der Waals surface area contributed by atoms with E-state index in [1.807, 2.05) is 41.4 Å². The molecule has 0 unspecified atom stereocenters. The lowest BCUT2D eigenvalue weighted by Crippen LogP contribution is -2.38. The lowest BCUT2D eigenvalue weighted by molar-refractivity contribution is 0.0711. The van der Waals surface area contributed by atoms with E-state index < -0.39 is 0 Å². The van der Waals surface area contributed by atoms with Gasteiger partial charge >= 0.3 is 0 Å². The highest BCUT2D eigenvalue weighted by Crippen LogP contribution is 2.26. The quantitative estimate of drug-likeness (QED) is 0.778. The Labute approximate surface area is 139 Å². The molecule has 24 heavy (non-hydrogen) atoms. The molecule has 4 rings (SSSR count). The number of nitrogens with one attached hydrogen (secondary N) is 2. The molecule has 0 radical (unpaired) electrons. The number of hydrogen-bond donors (Lipinski definition) is 2. The molecule has 122 valence electrons. The maximum Gasteiger partial charge on any atom is 0.253 e. The number of aromatic amines is 2. The molecule has 1 aliphatic rings. The number of amides is 1. The summed E-state index contributed by atoms with van der Waals surface area (Å²) < 4.78 is 0. The molecule has 3 heterocycles. The summed E-state index contributed by atoms with van der Waals surface area (Å²) in [5, 5.41) is 6.88. The Morgan fingerprint density at radius 1 is 1.08 bits per heavy atom. The number of hydrogen-bond acceptors (Lipinski definition) is 3. The van der Waals surface area contributed by atoms with Crippen LogP contribution in [0.4, 0.5) is 0 Å². The average molecular weight is 321 g/mol. The molecule has 0 spiro atoms. The predicted octanol–water partition coefficient (Wildman–Crippen LogP) is 2.82. The number of imidazole rings is 1. The first-order valence-corrected chi connectivity index (χ1v) is 8.19. The maximum atomic E-state index is 12.7. The van der Waals surface area contributed by atoms with Gasteiger partial charge in [-0.3, -0.25) is 9.89 Å². The van der Waals surface area contributed by atoms with Gasteiger partial charge in [-0.2, -0.15) is 5.10 Å². The SMILES string of the molecule is O=C(c1ccc(-c2ccn[nH]2)cc1)N1CCC(c2ncc[nH]2)CC1. The first kappa shape index (κ1) is 14.7. The minimum absolute atomic E-state index is 0.101. The fourth-order valence-corrected chi connectivity index (χ4v) is 3.25. The molecule has 6 nitrogen and oxygen atoms in total. The van der Waals surface area contributed by atoms with E-state index in [2.05, 4.69) is 20.2 Å². The molecule has 1 aromatic carbocycles. The molecule has 1 amide bonds. The van der Waals surface area contributed by atoms with Crippen molar-refractivity contribution in [3.8, 4) is 11.3 Å². The monoisotopic (exact) mass is 321 g/mol. The van der Waals surface area contributed by atoms with Crippen molar-refractivity contribution in [3.63, 3.8) is 0 Å². The Bertz CT molecular complexity index is 785. The van der Waals surface area contributed by atoms with Gasteiger partial charge in [-0.05, 0) is 36.6 Å². The van der Waals surface area contributed by atoms with Crippen molar-refractivity contribution in [1.82, 2.24) is 25.1 Å². The summed E-state index contributed by atoms with van der Waals surface area (Å²) in [6.07, 6.45) is 7.26. The van der Waals surface area contributed by atoms with E-state index >= 15 is 0 Å². The smallest absolute Gasteiger partial charge is 0.253 e. The topological polar surface area (TPSA) is 77.7 Å². The second-order valence-electron chi connectivity index (χ2n) is 6.09. The van der Waals surface area contributed by atoms with Gasteiger partial charge in [0.05, 0.1) is 5.69 Å². The molecule has 0 aliphatic carbocycles. The molecule has 0 bridgehead atoms. The number of benzene rings is 1. The predicted molar refractivity (Wildman–Crippen MR) is 90.5 cm³/mol. The molecule has 3 aromatic rings. The summed E-state index contributed by atoms with van der Waals surface area (Å²) in [7, 11) is 0. The molecule has 0 atom stereocenters. The van der Waals surface area contributed by atoms with E-state index in [1.54, 1.807) is 12.4 Å². The van der Waals surface area contributed by atoms with E-state index in [1.165, 1.54) is 0 Å². The fraction of sp³-hybridized carbons (Fsp3) is 0.278. The van der Waals surface area contributed by atoms with Gasteiger partial charge in [-0.1, -0.05) is 12.1 Å². The van der Waals surface area contributed by atoms with Crippen LogP contribution in [0.3, 0.4) is 0 Å². The maximum absolute atomic E-state index is 12.7. The molecule has 0 saturated carbocycles. The van der Waals surface area contributed by atoms with E-state index in [9.17, 15) is 4.79 Å². The third-order valence-corrected chi connectivity index (χ3v) is 4.63. The zero-order chi connectivity index (χ0) is 16.4. The molecule has 1 aliphatic heterocycles. The van der Waals surface area contributed by atoms with Gasteiger partial charge in [0.1, 0.15) is 5.82 Å². The van der Waals surface area contributed by atoms with Crippen molar-refractivity contribution in [2.75, 3.05) is 13.1 Å². The van der Waals surface area contributed by atoms with Crippen LogP contribution in [0, 0.1) is 0 Å². The summed E-state index contributed by atoms with van der Waals surface area (Å²) in [5.41, 5.74) is 2.71. The molecular formula is C18H19N5O. The summed E-state index contributed by atoms with van der Waals surface area (Å²) in [5.74, 6) is 1.56. The highest BCUT2D eigenvalue weighted by molar-refractivity contribution is 5.94. The highest BCUT2D eigenvalue weighted by Gasteiger charge is 2.25. The van der Waals surface area contributed by atoms with Crippen molar-refractivity contribution in [1.29, 1.82) is 0 Å². The Kier molecular flexibility index (Phi) is 3.86. The number of carbonyl (C=O) groups excluding carboxylic acids is 1. The Hall–Kier alpha value is -2.89. The zero-order valence-corrected chi connectivity index (χ0v) is 13.3. The summed E-state index contributed by atoms with van der Waals surface area (Å²) in [4.78, 5) is 22.1. The van der Waals surface area contributed by atoms with Gasteiger partial charge in [0.15, 0.2) is 0 Å². The number of likely N-dealkylation sites (tertiary alicyclic amines) is 1. The second-order valence-corrected chi connectivity index (χ2v) is 6.09. The third-order valence-electron chi connectivity index (χ3n) is 4.63. The van der Waals surface area contributed by atoms with Gasteiger partial charge < -0.3 is 9.88 Å². The van der Waals surface area contributed by atoms with Gasteiger partial charge in [0.2, 0.25) is 0 Å². The largest absolute Gasteiger partial charge is 0.348 e. The summed E-state index contributed by atoms with van der Waals surface area (Å²) in [6, 6.07) is 9.59. The van der Waals surface area contributed by atoms with Crippen molar-refractivity contribution in [2.45, 2.75) is 18.8 Å². The molecule has 2 aromatic heterocycles. The molecule has 1 saturated heterocycles. The van der Waals surface area contributed by atoms with Gasteiger partial charge in [-0.15, -0.1) is 0 Å². The number of H-pyrrole nitrogens is 2. The van der Waals surface area contributed by atoms with Crippen LogP contribution in [-0.2, 0) is 0 Å². The Morgan fingerprint density at radius 3 is 2.50 bits per heavy atom. The van der Waals surface area contributed by atoms with Crippen LogP contribution >= 0.6 is 0 Å². The van der Waals surface area contributed by atoms with E-state index in [4.69, 9.17) is 0 Å². The standard InChI is InChI=1S/C18H19N5O/c24-18(15-3-1-13(2-4-15)16-5-8-21-22-16)23-11-6-14(7-12-23)17-19-9-10-20-17/h1-5,8-10,14H,6-7,11-12H2,(H,19,20)(H,21,22). The van der Waals surface area contributed by atoms with Crippen LogP contribution in [0.15, 0.2) is 48.9 Å².